The van der Waals surface area contributed by atoms with Crippen LogP contribution in [-0.2, 0) is 9.53 Å². The molecule has 2 saturated carbocycles. The van der Waals surface area contributed by atoms with Gasteiger partial charge in [-0.1, -0.05) is 37.6 Å². The van der Waals surface area contributed by atoms with Gasteiger partial charge in [0.1, 0.15) is 0 Å². The lowest BCUT2D eigenvalue weighted by Crippen LogP contribution is -2.48. The van der Waals surface area contributed by atoms with Gasteiger partial charge in [-0.25, -0.2) is 4.79 Å². The highest BCUT2D eigenvalue weighted by molar-refractivity contribution is 5.83. The summed E-state index contributed by atoms with van der Waals surface area (Å²) in [5.41, 5.74) is 3.55. The third kappa shape index (κ3) is 2.55. The first-order valence-corrected chi connectivity index (χ1v) is 10.2. The first-order valence-electron chi connectivity index (χ1n) is 10.2. The molecule has 2 fully saturated rings. The average Bonchev–Trinajstić information content (AvgIpc) is 2.91. The smallest absolute Gasteiger partial charge is 0.330 e. The molecule has 2 nitrogen and oxygen atoms in total. The van der Waals surface area contributed by atoms with Crippen LogP contribution in [-0.4, -0.2) is 12.6 Å². The van der Waals surface area contributed by atoms with Gasteiger partial charge >= 0.3 is 5.97 Å². The Labute approximate surface area is 152 Å². The summed E-state index contributed by atoms with van der Waals surface area (Å²) in [7, 11) is 0. The van der Waals surface area contributed by atoms with Crippen molar-refractivity contribution in [1.29, 1.82) is 0 Å². The van der Waals surface area contributed by atoms with Crippen LogP contribution in [0.3, 0.4) is 0 Å². The Balaban J connectivity index is 1.63. The van der Waals surface area contributed by atoms with Crippen LogP contribution in [0.2, 0.25) is 0 Å². The minimum atomic E-state index is -0.142. The van der Waals surface area contributed by atoms with E-state index >= 15 is 0 Å². The normalized spacial score (nSPS) is 43.9. The van der Waals surface area contributed by atoms with Crippen LogP contribution >= 0.6 is 0 Å². The van der Waals surface area contributed by atoms with Crippen LogP contribution < -0.4 is 0 Å². The van der Waals surface area contributed by atoms with E-state index in [1.165, 1.54) is 44.1 Å². The molecule has 0 aromatic heterocycles. The van der Waals surface area contributed by atoms with Crippen molar-refractivity contribution in [3.8, 4) is 0 Å². The van der Waals surface area contributed by atoms with Gasteiger partial charge in [0.2, 0.25) is 0 Å². The van der Waals surface area contributed by atoms with E-state index in [1.54, 1.807) is 5.57 Å². The highest BCUT2D eigenvalue weighted by atomic mass is 16.5. The summed E-state index contributed by atoms with van der Waals surface area (Å²) < 4.78 is 5.19. The van der Waals surface area contributed by atoms with Crippen molar-refractivity contribution in [3.63, 3.8) is 0 Å². The molecular formula is C23H32O2. The fourth-order valence-corrected chi connectivity index (χ4v) is 6.71. The van der Waals surface area contributed by atoms with Gasteiger partial charge in [0, 0.05) is 6.08 Å². The summed E-state index contributed by atoms with van der Waals surface area (Å²) in [4.78, 5) is 12.0. The largest absolute Gasteiger partial charge is 0.463 e. The molecule has 0 aromatic carbocycles. The van der Waals surface area contributed by atoms with Crippen molar-refractivity contribution in [2.45, 2.75) is 65.7 Å². The fraction of sp³-hybridized carbons (Fsp3) is 0.696. The maximum atomic E-state index is 12.0. The summed E-state index contributed by atoms with van der Waals surface area (Å²) in [6.07, 6.45) is 17.8. The lowest BCUT2D eigenvalue weighted by atomic mass is 9.48. The van der Waals surface area contributed by atoms with Gasteiger partial charge in [-0.2, -0.15) is 0 Å². The predicted molar refractivity (Wildman–Crippen MR) is 101 cm³/mol. The van der Waals surface area contributed by atoms with Crippen molar-refractivity contribution in [3.05, 3.63) is 35.5 Å². The van der Waals surface area contributed by atoms with Gasteiger partial charge < -0.3 is 4.74 Å². The number of hydrogen-bond acceptors (Lipinski definition) is 2. The summed E-state index contributed by atoms with van der Waals surface area (Å²) in [5, 5.41) is 0. The fourth-order valence-electron chi connectivity index (χ4n) is 6.71. The summed E-state index contributed by atoms with van der Waals surface area (Å²) in [6.45, 7) is 7.29. The van der Waals surface area contributed by atoms with E-state index < -0.39 is 0 Å². The van der Waals surface area contributed by atoms with Gasteiger partial charge in [-0.15, -0.1) is 0 Å². The molecule has 2 heteroatoms. The highest BCUT2D eigenvalue weighted by Gasteiger charge is 2.56. The zero-order valence-corrected chi connectivity index (χ0v) is 16.0. The molecule has 0 bridgehead atoms. The molecule has 4 rings (SSSR count). The Morgan fingerprint density at radius 2 is 2.04 bits per heavy atom. The summed E-state index contributed by atoms with van der Waals surface area (Å²) in [6, 6.07) is 0. The van der Waals surface area contributed by atoms with Crippen molar-refractivity contribution >= 4 is 5.97 Å². The van der Waals surface area contributed by atoms with Crippen LogP contribution in [0.15, 0.2) is 35.5 Å². The Morgan fingerprint density at radius 3 is 2.84 bits per heavy atom. The Bertz CT molecular complexity index is 655. The van der Waals surface area contributed by atoms with E-state index in [0.717, 1.165) is 24.2 Å². The van der Waals surface area contributed by atoms with Crippen molar-refractivity contribution < 1.29 is 9.53 Å². The van der Waals surface area contributed by atoms with Crippen LogP contribution in [0, 0.1) is 28.6 Å². The zero-order valence-electron chi connectivity index (χ0n) is 16.0. The lowest BCUT2D eigenvalue weighted by Gasteiger charge is -2.56. The second kappa shape index (κ2) is 6.14. The molecule has 4 aliphatic rings. The Hall–Kier alpha value is -1.31. The molecule has 0 heterocycles. The highest BCUT2D eigenvalue weighted by Crippen LogP contribution is 2.65. The van der Waals surface area contributed by atoms with Gasteiger partial charge in [0.15, 0.2) is 0 Å². The van der Waals surface area contributed by atoms with Gasteiger partial charge in [-0.05, 0) is 86.0 Å². The van der Waals surface area contributed by atoms with E-state index in [0.29, 0.717) is 12.0 Å². The second-order valence-corrected chi connectivity index (χ2v) is 9.05. The van der Waals surface area contributed by atoms with Gasteiger partial charge in [-0.3, -0.25) is 0 Å². The molecule has 5 atom stereocenters. The number of esters is 1. The molecule has 0 radical (unpaired) electrons. The quantitative estimate of drug-likeness (QED) is 0.483. The molecule has 136 valence electrons. The molecule has 0 aliphatic heterocycles. The van der Waals surface area contributed by atoms with E-state index in [2.05, 4.69) is 32.1 Å². The van der Waals surface area contributed by atoms with Crippen LogP contribution in [0.1, 0.15) is 65.7 Å². The average molecular weight is 341 g/mol. The monoisotopic (exact) mass is 340 g/mol. The molecule has 0 amide bonds. The number of carbonyl (C=O) groups excluding carboxylic acids is 1. The third-order valence-electron chi connectivity index (χ3n) is 8.08. The first-order chi connectivity index (χ1) is 12.0. The molecule has 0 saturated heterocycles. The number of rotatable bonds is 2. The molecule has 4 aliphatic carbocycles. The summed E-state index contributed by atoms with van der Waals surface area (Å²) >= 11 is 0. The number of hydrogen-bond donors (Lipinski definition) is 0. The molecule has 0 unspecified atom stereocenters. The van der Waals surface area contributed by atoms with E-state index in [4.69, 9.17) is 4.74 Å². The number of allylic oxidation sites excluding steroid dienone is 5. The molecule has 0 aromatic rings. The van der Waals surface area contributed by atoms with Crippen LogP contribution in [0.4, 0.5) is 0 Å². The van der Waals surface area contributed by atoms with Gasteiger partial charge in [0.25, 0.3) is 0 Å². The topological polar surface area (TPSA) is 26.3 Å². The summed E-state index contributed by atoms with van der Waals surface area (Å²) in [5.74, 6) is 2.19. The number of carbonyl (C=O) groups is 1. The maximum Gasteiger partial charge on any atom is 0.330 e. The van der Waals surface area contributed by atoms with Crippen LogP contribution in [0.25, 0.3) is 0 Å². The minimum Gasteiger partial charge on any atom is -0.463 e. The third-order valence-corrected chi connectivity index (χ3v) is 8.08. The zero-order chi connectivity index (χ0) is 17.7. The van der Waals surface area contributed by atoms with E-state index in [1.807, 2.05) is 13.0 Å². The molecular weight excluding hydrogens is 308 g/mol. The van der Waals surface area contributed by atoms with Crippen molar-refractivity contribution in [2.75, 3.05) is 6.61 Å². The predicted octanol–water partition coefficient (Wildman–Crippen LogP) is 5.60. The van der Waals surface area contributed by atoms with Crippen molar-refractivity contribution in [2.24, 2.45) is 28.6 Å². The van der Waals surface area contributed by atoms with Gasteiger partial charge in [0.05, 0.1) is 6.61 Å². The minimum absolute atomic E-state index is 0.142. The standard InChI is InChI=1S/C23H32O2/c1-4-25-21(24)15-17-9-11-19-18-10-8-16-7-5-6-13-22(16,2)20(18)12-14-23(17,19)3/h5,7-8,15,18-20H,4,6,9-14H2,1-3H3/t18-,19-,20-,22-,23+/m0/s1. The van der Waals surface area contributed by atoms with Crippen LogP contribution in [0.5, 0.6) is 0 Å². The molecule has 25 heavy (non-hydrogen) atoms. The Morgan fingerprint density at radius 1 is 1.24 bits per heavy atom. The lowest BCUT2D eigenvalue weighted by molar-refractivity contribution is -0.137. The van der Waals surface area contributed by atoms with Crippen molar-refractivity contribution in [1.82, 2.24) is 0 Å². The number of ether oxygens (including phenoxy) is 1. The van der Waals surface area contributed by atoms with E-state index in [9.17, 15) is 4.79 Å². The SMILES string of the molecule is CCOC(=O)C=C1CC[C@H]2[C@@H]3CC=C4C=CCC[C@]4(C)[C@H]3CC[C@]12C. The Kier molecular flexibility index (Phi) is 4.21. The molecule has 0 N–H and O–H groups in total. The first kappa shape index (κ1) is 17.1. The second-order valence-electron chi connectivity index (χ2n) is 9.05. The molecule has 0 spiro atoms. The van der Waals surface area contributed by atoms with E-state index in [-0.39, 0.29) is 11.4 Å². The maximum absolute atomic E-state index is 12.0. The number of fused-ring (bicyclic) bond motifs is 5.